The number of aliphatic hydroxyl groups excluding tert-OH is 1. The molecule has 0 aliphatic carbocycles. The lowest BCUT2D eigenvalue weighted by Crippen LogP contribution is -2.31. The van der Waals surface area contributed by atoms with Gasteiger partial charge in [-0.25, -0.2) is 4.98 Å². The maximum Gasteiger partial charge on any atom is 0.295 e. The Balaban J connectivity index is 1.77. The fourth-order valence-electron chi connectivity index (χ4n) is 4.25. The molecule has 1 atom stereocenters. The van der Waals surface area contributed by atoms with Crippen LogP contribution in [0.25, 0.3) is 5.76 Å². The van der Waals surface area contributed by atoms with Crippen molar-refractivity contribution >= 4 is 29.1 Å². The van der Waals surface area contributed by atoms with Gasteiger partial charge in [-0.15, -0.1) is 0 Å². The first-order chi connectivity index (χ1) is 17.0. The molecule has 2 heterocycles. The molecule has 1 aromatic heterocycles. The SMILES string of the molecule is CCOc1ccc(/C(O)=C2\C(=O)C(=O)N(CCCn3ccnc3)[C@@H]2c2ccccc2OC)cc1Cl. The zero-order chi connectivity index (χ0) is 24.9. The third-order valence-corrected chi connectivity index (χ3v) is 6.15. The van der Waals surface area contributed by atoms with E-state index in [2.05, 4.69) is 4.98 Å². The number of methoxy groups -OCH3 is 1. The predicted molar refractivity (Wildman–Crippen MR) is 131 cm³/mol. The molecule has 0 spiro atoms. The number of amides is 1. The molecular formula is C26H26ClN3O5. The number of aromatic nitrogens is 2. The summed E-state index contributed by atoms with van der Waals surface area (Å²) in [6.07, 6.45) is 5.80. The van der Waals surface area contributed by atoms with E-state index in [1.54, 1.807) is 48.9 Å². The van der Waals surface area contributed by atoms with Gasteiger partial charge < -0.3 is 24.0 Å². The molecule has 1 saturated heterocycles. The Kier molecular flexibility index (Phi) is 7.41. The number of carbonyl (C=O) groups is 2. The maximum atomic E-state index is 13.2. The topological polar surface area (TPSA) is 93.9 Å². The van der Waals surface area contributed by atoms with E-state index in [1.165, 1.54) is 18.1 Å². The number of imidazole rings is 1. The van der Waals surface area contributed by atoms with Crippen LogP contribution in [0.4, 0.5) is 0 Å². The zero-order valence-corrected chi connectivity index (χ0v) is 20.2. The summed E-state index contributed by atoms with van der Waals surface area (Å²) in [5, 5.41) is 11.6. The molecule has 3 aromatic rings. The largest absolute Gasteiger partial charge is 0.507 e. The Morgan fingerprint density at radius 3 is 2.63 bits per heavy atom. The highest BCUT2D eigenvalue weighted by Gasteiger charge is 2.46. The summed E-state index contributed by atoms with van der Waals surface area (Å²) in [6, 6.07) is 11.1. The van der Waals surface area contributed by atoms with Crippen molar-refractivity contribution in [3.05, 3.63) is 82.9 Å². The van der Waals surface area contributed by atoms with Crippen LogP contribution < -0.4 is 9.47 Å². The molecule has 0 radical (unpaired) electrons. The highest BCUT2D eigenvalue weighted by Crippen LogP contribution is 2.43. The van der Waals surface area contributed by atoms with E-state index in [0.717, 1.165) is 0 Å². The van der Waals surface area contributed by atoms with Crippen molar-refractivity contribution in [2.24, 2.45) is 0 Å². The van der Waals surface area contributed by atoms with Gasteiger partial charge in [-0.05, 0) is 37.6 Å². The second-order valence-corrected chi connectivity index (χ2v) is 8.37. The Morgan fingerprint density at radius 2 is 1.94 bits per heavy atom. The molecule has 182 valence electrons. The smallest absolute Gasteiger partial charge is 0.295 e. The van der Waals surface area contributed by atoms with Crippen LogP contribution in [0.5, 0.6) is 11.5 Å². The Hall–Kier alpha value is -3.78. The molecule has 2 aromatic carbocycles. The molecule has 1 aliphatic heterocycles. The van der Waals surface area contributed by atoms with Gasteiger partial charge in [0.2, 0.25) is 0 Å². The van der Waals surface area contributed by atoms with E-state index < -0.39 is 17.7 Å². The van der Waals surface area contributed by atoms with Crippen molar-refractivity contribution in [3.8, 4) is 11.5 Å². The van der Waals surface area contributed by atoms with Crippen molar-refractivity contribution < 1.29 is 24.2 Å². The van der Waals surface area contributed by atoms with Crippen molar-refractivity contribution in [2.75, 3.05) is 20.3 Å². The van der Waals surface area contributed by atoms with Gasteiger partial charge >= 0.3 is 0 Å². The second-order valence-electron chi connectivity index (χ2n) is 7.97. The van der Waals surface area contributed by atoms with Gasteiger partial charge in [0.15, 0.2) is 0 Å². The summed E-state index contributed by atoms with van der Waals surface area (Å²) in [6.45, 7) is 3.19. The first kappa shape index (κ1) is 24.3. The predicted octanol–water partition coefficient (Wildman–Crippen LogP) is 4.46. The first-order valence-electron chi connectivity index (χ1n) is 11.3. The van der Waals surface area contributed by atoms with Gasteiger partial charge in [0.25, 0.3) is 11.7 Å². The molecule has 0 bridgehead atoms. The number of ketones is 1. The van der Waals surface area contributed by atoms with Crippen LogP contribution in [0.15, 0.2) is 66.8 Å². The summed E-state index contributed by atoms with van der Waals surface area (Å²) < 4.78 is 12.9. The normalized spacial score (nSPS) is 17.1. The Bertz CT molecular complexity index is 1260. The summed E-state index contributed by atoms with van der Waals surface area (Å²) in [7, 11) is 1.52. The standard InChI is InChI=1S/C26H26ClN3O5/c1-3-35-21-10-9-17(15-19(21)27)24(31)22-23(18-7-4-5-8-20(18)34-2)30(26(33)25(22)32)13-6-12-29-14-11-28-16-29/h4-5,7-11,14-16,23,31H,3,6,12-13H2,1-2H3/b24-22+/t23-/m1/s1. The van der Waals surface area contributed by atoms with Crippen LogP contribution in [0, 0.1) is 0 Å². The maximum absolute atomic E-state index is 13.2. The molecule has 9 heteroatoms. The molecule has 1 fully saturated rings. The molecule has 1 N–H and O–H groups in total. The zero-order valence-electron chi connectivity index (χ0n) is 19.5. The fraction of sp³-hybridized carbons (Fsp3) is 0.269. The number of aliphatic hydroxyl groups is 1. The number of ether oxygens (including phenoxy) is 2. The number of aryl methyl sites for hydroxylation is 1. The number of hydrogen-bond donors (Lipinski definition) is 1. The van der Waals surface area contributed by atoms with Crippen LogP contribution in [-0.4, -0.2) is 51.5 Å². The van der Waals surface area contributed by atoms with Crippen molar-refractivity contribution in [2.45, 2.75) is 25.9 Å². The van der Waals surface area contributed by atoms with Crippen LogP contribution in [0.2, 0.25) is 5.02 Å². The molecule has 4 rings (SSSR count). The lowest BCUT2D eigenvalue weighted by atomic mass is 9.94. The van der Waals surface area contributed by atoms with E-state index in [0.29, 0.717) is 53.8 Å². The van der Waals surface area contributed by atoms with Gasteiger partial charge in [0, 0.05) is 36.6 Å². The molecule has 35 heavy (non-hydrogen) atoms. The summed E-state index contributed by atoms with van der Waals surface area (Å²) in [4.78, 5) is 31.9. The third-order valence-electron chi connectivity index (χ3n) is 5.85. The van der Waals surface area contributed by atoms with Gasteiger partial charge in [-0.3, -0.25) is 9.59 Å². The van der Waals surface area contributed by atoms with Crippen LogP contribution in [0.3, 0.4) is 0 Å². The number of para-hydroxylation sites is 1. The van der Waals surface area contributed by atoms with E-state index in [4.69, 9.17) is 21.1 Å². The highest BCUT2D eigenvalue weighted by atomic mass is 35.5. The molecule has 0 unspecified atom stereocenters. The molecule has 1 amide bonds. The van der Waals surface area contributed by atoms with E-state index in [-0.39, 0.29) is 11.3 Å². The number of halogens is 1. The number of rotatable bonds is 9. The second kappa shape index (κ2) is 10.7. The molecule has 8 nitrogen and oxygen atoms in total. The number of carbonyl (C=O) groups excluding carboxylic acids is 2. The van der Waals surface area contributed by atoms with Gasteiger partial charge in [-0.2, -0.15) is 0 Å². The average Bonchev–Trinajstić information content (AvgIpc) is 3.47. The monoisotopic (exact) mass is 495 g/mol. The van der Waals surface area contributed by atoms with E-state index in [1.807, 2.05) is 17.7 Å². The minimum Gasteiger partial charge on any atom is -0.507 e. The third kappa shape index (κ3) is 4.88. The Labute approximate surface area is 208 Å². The summed E-state index contributed by atoms with van der Waals surface area (Å²) in [5.41, 5.74) is 0.910. The molecule has 1 aliphatic rings. The summed E-state index contributed by atoms with van der Waals surface area (Å²) in [5.74, 6) is -0.765. The minimum absolute atomic E-state index is 0.0117. The first-order valence-corrected chi connectivity index (χ1v) is 11.6. The van der Waals surface area contributed by atoms with Gasteiger partial charge in [0.1, 0.15) is 17.3 Å². The minimum atomic E-state index is -0.820. The summed E-state index contributed by atoms with van der Waals surface area (Å²) >= 11 is 6.32. The fourth-order valence-corrected chi connectivity index (χ4v) is 4.48. The lowest BCUT2D eigenvalue weighted by Gasteiger charge is -2.26. The van der Waals surface area contributed by atoms with E-state index in [9.17, 15) is 14.7 Å². The number of Topliss-reactive ketones (excluding diaryl/α,β-unsaturated/α-hetero) is 1. The number of nitrogens with zero attached hydrogens (tertiary/aromatic N) is 3. The number of benzene rings is 2. The van der Waals surface area contributed by atoms with Crippen molar-refractivity contribution in [1.82, 2.24) is 14.5 Å². The Morgan fingerprint density at radius 1 is 1.14 bits per heavy atom. The van der Waals surface area contributed by atoms with Gasteiger partial charge in [-0.1, -0.05) is 29.8 Å². The molecular weight excluding hydrogens is 470 g/mol. The average molecular weight is 496 g/mol. The molecule has 0 saturated carbocycles. The lowest BCUT2D eigenvalue weighted by molar-refractivity contribution is -0.140. The quantitative estimate of drug-likeness (QED) is 0.268. The van der Waals surface area contributed by atoms with Crippen LogP contribution >= 0.6 is 11.6 Å². The van der Waals surface area contributed by atoms with Crippen molar-refractivity contribution in [3.63, 3.8) is 0 Å². The highest BCUT2D eigenvalue weighted by molar-refractivity contribution is 6.46. The number of hydrogen-bond acceptors (Lipinski definition) is 6. The van der Waals surface area contributed by atoms with Crippen LogP contribution in [0.1, 0.15) is 30.5 Å². The van der Waals surface area contributed by atoms with Gasteiger partial charge in [0.05, 0.1) is 36.7 Å². The number of likely N-dealkylation sites (tertiary alicyclic amines) is 1. The van der Waals surface area contributed by atoms with Crippen molar-refractivity contribution in [1.29, 1.82) is 0 Å². The van der Waals surface area contributed by atoms with E-state index >= 15 is 0 Å². The van der Waals surface area contributed by atoms with Crippen LogP contribution in [-0.2, 0) is 16.1 Å².